The summed E-state index contributed by atoms with van der Waals surface area (Å²) in [6.45, 7) is 11.3. The molecule has 9 nitrogen and oxygen atoms in total. The highest BCUT2D eigenvalue weighted by molar-refractivity contribution is 6.00. The summed E-state index contributed by atoms with van der Waals surface area (Å²) in [6.07, 6.45) is 0.706. The second-order valence-corrected chi connectivity index (χ2v) is 13.7. The van der Waals surface area contributed by atoms with Gasteiger partial charge in [0.1, 0.15) is 29.2 Å². The number of phenols is 2. The van der Waals surface area contributed by atoms with Gasteiger partial charge in [0.25, 0.3) is 5.91 Å². The first-order valence-corrected chi connectivity index (χ1v) is 16.4. The van der Waals surface area contributed by atoms with Crippen molar-refractivity contribution in [3.63, 3.8) is 0 Å². The maximum Gasteiger partial charge on any atom is 0.408 e. The van der Waals surface area contributed by atoms with Crippen molar-refractivity contribution in [2.45, 2.75) is 84.5 Å². The number of hydrogen-bond donors (Lipinski definition) is 4. The molecule has 0 radical (unpaired) electrons. The number of nitrogens with one attached hydrogen (secondary N) is 2. The molecule has 3 atom stereocenters. The smallest absolute Gasteiger partial charge is 0.408 e. The molecule has 4 aromatic carbocycles. The Bertz CT molecular complexity index is 1700. The molecule has 9 heteroatoms. The van der Waals surface area contributed by atoms with Crippen molar-refractivity contribution in [3.05, 3.63) is 102 Å². The summed E-state index contributed by atoms with van der Waals surface area (Å²) in [5.41, 5.74) is 0.946. The van der Waals surface area contributed by atoms with Crippen LogP contribution in [-0.4, -0.2) is 50.7 Å². The van der Waals surface area contributed by atoms with Crippen molar-refractivity contribution in [1.29, 1.82) is 0 Å². The van der Waals surface area contributed by atoms with Gasteiger partial charge in [-0.2, -0.15) is 0 Å². The molecule has 254 valence electrons. The van der Waals surface area contributed by atoms with Gasteiger partial charge in [-0.3, -0.25) is 9.59 Å². The zero-order valence-corrected chi connectivity index (χ0v) is 28.6. The first-order chi connectivity index (χ1) is 22.7. The number of fused-ring (bicyclic) bond motifs is 1. The fourth-order valence-corrected chi connectivity index (χ4v) is 5.58. The Kier molecular flexibility index (Phi) is 11.7. The average molecular weight is 654 g/mol. The van der Waals surface area contributed by atoms with Gasteiger partial charge in [0.15, 0.2) is 0 Å². The van der Waals surface area contributed by atoms with Crippen LogP contribution < -0.4 is 10.6 Å². The van der Waals surface area contributed by atoms with E-state index in [1.807, 2.05) is 49.4 Å². The number of benzene rings is 4. The van der Waals surface area contributed by atoms with Gasteiger partial charge in [0, 0.05) is 18.2 Å². The Morgan fingerprint density at radius 2 is 1.40 bits per heavy atom. The van der Waals surface area contributed by atoms with Crippen molar-refractivity contribution < 1.29 is 29.3 Å². The lowest BCUT2D eigenvalue weighted by Gasteiger charge is -2.39. The highest BCUT2D eigenvalue weighted by Gasteiger charge is 2.39. The SMILES string of the molecule is CC(C)CCC(C)N(C(=O)C(Cc1ccc(O)cc1)NC(=O)OC(C)(C)C)C(C(=O)Nc1ccc2ccccc2c1)c1ccc(O)cc1. The third-order valence-corrected chi connectivity index (χ3v) is 8.01. The van der Waals surface area contributed by atoms with E-state index >= 15 is 0 Å². The number of rotatable bonds is 12. The van der Waals surface area contributed by atoms with Crippen LogP contribution in [0.1, 0.15) is 71.6 Å². The molecule has 0 heterocycles. The van der Waals surface area contributed by atoms with Crippen LogP contribution in [0.4, 0.5) is 10.5 Å². The first kappa shape index (κ1) is 35.8. The third-order valence-electron chi connectivity index (χ3n) is 8.01. The molecular formula is C39H47N3O6. The van der Waals surface area contributed by atoms with Crippen LogP contribution in [0, 0.1) is 5.92 Å². The molecule has 0 bridgehead atoms. The van der Waals surface area contributed by atoms with Crippen LogP contribution in [-0.2, 0) is 20.7 Å². The number of carbonyl (C=O) groups is 3. The van der Waals surface area contributed by atoms with Crippen LogP contribution in [0.5, 0.6) is 11.5 Å². The Morgan fingerprint density at radius 3 is 2.00 bits per heavy atom. The minimum absolute atomic E-state index is 0.0231. The summed E-state index contributed by atoms with van der Waals surface area (Å²) < 4.78 is 5.55. The van der Waals surface area contributed by atoms with Gasteiger partial charge in [0.05, 0.1) is 0 Å². The monoisotopic (exact) mass is 653 g/mol. The van der Waals surface area contributed by atoms with Crippen molar-refractivity contribution in [1.82, 2.24) is 10.2 Å². The number of ether oxygens (including phenoxy) is 1. The van der Waals surface area contributed by atoms with Gasteiger partial charge in [-0.25, -0.2) is 4.79 Å². The molecule has 4 rings (SSSR count). The van der Waals surface area contributed by atoms with E-state index in [9.17, 15) is 24.6 Å². The van der Waals surface area contributed by atoms with Crippen molar-refractivity contribution in [2.24, 2.45) is 5.92 Å². The molecule has 48 heavy (non-hydrogen) atoms. The molecular weight excluding hydrogens is 606 g/mol. The summed E-state index contributed by atoms with van der Waals surface area (Å²) in [6, 6.07) is 23.4. The molecule has 0 saturated carbocycles. The maximum atomic E-state index is 14.9. The van der Waals surface area contributed by atoms with Crippen LogP contribution in [0.3, 0.4) is 0 Å². The normalized spacial score (nSPS) is 13.4. The Balaban J connectivity index is 1.80. The van der Waals surface area contributed by atoms with E-state index in [2.05, 4.69) is 24.5 Å². The standard InChI is InChI=1S/C39H47N3O6/c1-25(2)11-12-26(3)42(37(46)34(41-38(47)48-39(4,5)6)23-27-13-19-32(43)20-14-27)35(29-16-21-33(44)22-17-29)36(45)40-31-18-15-28-9-7-8-10-30(28)24-31/h7-10,13-22,24-26,34-35,43-44H,11-12,23H2,1-6H3,(H,40,45)(H,41,47). The van der Waals surface area contributed by atoms with E-state index in [0.29, 0.717) is 29.2 Å². The van der Waals surface area contributed by atoms with Gasteiger partial charge in [-0.1, -0.05) is 68.4 Å². The Morgan fingerprint density at radius 1 is 0.792 bits per heavy atom. The predicted octanol–water partition coefficient (Wildman–Crippen LogP) is 7.72. The molecule has 3 unspecified atom stereocenters. The molecule has 0 aliphatic carbocycles. The Labute approximate surface area is 282 Å². The van der Waals surface area contributed by atoms with Gasteiger partial charge in [-0.15, -0.1) is 0 Å². The number of carbonyl (C=O) groups excluding carboxylic acids is 3. The van der Waals surface area contributed by atoms with Crippen LogP contribution in [0.15, 0.2) is 91.0 Å². The van der Waals surface area contributed by atoms with Crippen LogP contribution in [0.25, 0.3) is 10.8 Å². The molecule has 3 amide bonds. The fraction of sp³-hybridized carbons (Fsp3) is 0.359. The number of nitrogens with zero attached hydrogens (tertiary/aromatic N) is 1. The summed E-state index contributed by atoms with van der Waals surface area (Å²) in [5.74, 6) is -0.479. The molecule has 0 fully saturated rings. The minimum atomic E-state index is -1.12. The van der Waals surface area contributed by atoms with Crippen molar-refractivity contribution in [3.8, 4) is 11.5 Å². The molecule has 4 N–H and O–H groups in total. The van der Waals surface area contributed by atoms with E-state index in [-0.39, 0.29) is 17.9 Å². The fourth-order valence-electron chi connectivity index (χ4n) is 5.58. The summed E-state index contributed by atoms with van der Waals surface area (Å²) in [7, 11) is 0. The second-order valence-electron chi connectivity index (χ2n) is 13.7. The molecule has 0 saturated heterocycles. The van der Waals surface area contributed by atoms with Gasteiger partial charge < -0.3 is 30.5 Å². The van der Waals surface area contributed by atoms with E-state index < -0.39 is 41.6 Å². The third kappa shape index (κ3) is 9.97. The summed E-state index contributed by atoms with van der Waals surface area (Å²) >= 11 is 0. The maximum absolute atomic E-state index is 14.9. The number of alkyl carbamates (subject to hydrolysis) is 1. The second kappa shape index (κ2) is 15.7. The van der Waals surface area contributed by atoms with Gasteiger partial charge in [0.2, 0.25) is 5.91 Å². The van der Waals surface area contributed by atoms with Crippen LogP contribution in [0.2, 0.25) is 0 Å². The Hall–Kier alpha value is -5.05. The van der Waals surface area contributed by atoms with E-state index in [0.717, 1.165) is 17.2 Å². The predicted molar refractivity (Wildman–Crippen MR) is 189 cm³/mol. The van der Waals surface area contributed by atoms with Crippen molar-refractivity contribution in [2.75, 3.05) is 5.32 Å². The zero-order valence-electron chi connectivity index (χ0n) is 28.6. The molecule has 0 aliphatic heterocycles. The minimum Gasteiger partial charge on any atom is -0.508 e. The molecule has 0 aromatic heterocycles. The lowest BCUT2D eigenvalue weighted by atomic mass is 9.95. The lowest BCUT2D eigenvalue weighted by molar-refractivity contribution is -0.143. The topological polar surface area (TPSA) is 128 Å². The number of aromatic hydroxyl groups is 2. The summed E-state index contributed by atoms with van der Waals surface area (Å²) in [4.78, 5) is 44.0. The number of hydrogen-bond acceptors (Lipinski definition) is 6. The molecule has 0 aliphatic rings. The first-order valence-electron chi connectivity index (χ1n) is 16.4. The lowest BCUT2D eigenvalue weighted by Crippen LogP contribution is -2.55. The van der Waals surface area contributed by atoms with Gasteiger partial charge >= 0.3 is 6.09 Å². The number of phenolic OH excluding ortho intramolecular Hbond substituents is 2. The van der Waals surface area contributed by atoms with E-state index in [1.165, 1.54) is 24.3 Å². The number of amides is 3. The van der Waals surface area contributed by atoms with E-state index in [4.69, 9.17) is 4.74 Å². The van der Waals surface area contributed by atoms with Crippen LogP contribution >= 0.6 is 0 Å². The van der Waals surface area contributed by atoms with Crippen molar-refractivity contribution >= 4 is 34.4 Å². The largest absolute Gasteiger partial charge is 0.508 e. The quantitative estimate of drug-likeness (QED) is 0.124. The zero-order chi connectivity index (χ0) is 35.0. The molecule has 4 aromatic rings. The molecule has 0 spiro atoms. The highest BCUT2D eigenvalue weighted by Crippen LogP contribution is 2.31. The van der Waals surface area contributed by atoms with E-state index in [1.54, 1.807) is 49.9 Å². The average Bonchev–Trinajstić information content (AvgIpc) is 3.02. The summed E-state index contributed by atoms with van der Waals surface area (Å²) in [5, 5.41) is 27.8. The van der Waals surface area contributed by atoms with Gasteiger partial charge in [-0.05, 0) is 105 Å². The highest BCUT2D eigenvalue weighted by atomic mass is 16.6. The number of anilines is 1.